The molecule has 0 N–H and O–H groups in total. The molecule has 0 saturated heterocycles. The van der Waals surface area contributed by atoms with Crippen LogP contribution < -0.4 is 9.41 Å². The maximum Gasteiger partial charge on any atom is 0.0757 e. The Labute approximate surface area is 196 Å². The Kier molecular flexibility index (Phi) is 38.7. The van der Waals surface area contributed by atoms with Gasteiger partial charge in [0, 0.05) is 0 Å². The zero-order valence-corrected chi connectivity index (χ0v) is 23.5. The molecule has 0 bridgehead atoms. The van der Waals surface area contributed by atoms with E-state index in [1.54, 1.807) is 0 Å². The molecule has 0 radical (unpaired) electrons. The van der Waals surface area contributed by atoms with Crippen LogP contribution in [0.25, 0.3) is 0 Å². The first-order valence-corrected chi connectivity index (χ1v) is 12.5. The molecular formula is C25H60F2N4. The quantitative estimate of drug-likeness (QED) is 0.295. The molecule has 0 saturated carbocycles. The summed E-state index contributed by atoms with van der Waals surface area (Å²) in [6.45, 7) is 47.4. The molecule has 31 heavy (non-hydrogen) atoms. The lowest BCUT2D eigenvalue weighted by atomic mass is 10.3. The first kappa shape index (κ1) is 44.0. The van der Waals surface area contributed by atoms with Crippen LogP contribution in [0, 0.1) is 11.8 Å². The van der Waals surface area contributed by atoms with E-state index in [9.17, 15) is 0 Å². The summed E-state index contributed by atoms with van der Waals surface area (Å²) in [6.07, 6.45) is 0. The van der Waals surface area contributed by atoms with E-state index in [0.717, 1.165) is 0 Å². The maximum atomic E-state index is 6.25. The van der Waals surface area contributed by atoms with E-state index in [1.165, 1.54) is 92.0 Å². The Hall–Kier alpha value is -0.770. The second-order valence-corrected chi connectivity index (χ2v) is 7.82. The van der Waals surface area contributed by atoms with Crippen molar-refractivity contribution >= 4 is 0 Å². The van der Waals surface area contributed by atoms with E-state index in [1.807, 2.05) is 0 Å². The number of rotatable bonds is 12. The Morgan fingerprint density at radius 3 is 0.387 bits per heavy atom. The van der Waals surface area contributed by atoms with Crippen molar-refractivity contribution in [3.63, 3.8) is 0 Å². The number of hydrogen-bond donors (Lipinski definition) is 0. The van der Waals surface area contributed by atoms with E-state index in [-0.39, 0.29) is 9.41 Å². The molecule has 0 aromatic carbocycles. The van der Waals surface area contributed by atoms with Gasteiger partial charge < -0.3 is 34.7 Å². The first-order chi connectivity index (χ1) is 13.7. The summed E-state index contributed by atoms with van der Waals surface area (Å²) >= 11 is 0. The van der Waals surface area contributed by atoms with Gasteiger partial charge in [-0.15, -0.1) is 0 Å². The van der Waals surface area contributed by atoms with Crippen molar-refractivity contribution in [2.75, 3.05) is 78.5 Å². The van der Waals surface area contributed by atoms with Gasteiger partial charge in [0.05, 0.1) is 78.5 Å². The lowest BCUT2D eigenvalue weighted by Crippen LogP contribution is -3.00. The number of nitrogens with zero attached hydrogens (tertiary/aromatic N) is 4. The SMILES string of the molecule is CC[N+](CC)(CC)CC.CC[N+](CC)(CC)CC.CC[N+](CC)(CC)CC.[C-]#N.[F-].[F-]. The molecule has 0 aliphatic rings. The van der Waals surface area contributed by atoms with E-state index in [4.69, 9.17) is 11.8 Å². The molecule has 0 aliphatic carbocycles. The summed E-state index contributed by atoms with van der Waals surface area (Å²) in [5.74, 6) is 0. The molecule has 0 spiro atoms. The van der Waals surface area contributed by atoms with Gasteiger partial charge in [-0.1, -0.05) is 0 Å². The van der Waals surface area contributed by atoms with E-state index in [0.29, 0.717) is 0 Å². The maximum absolute atomic E-state index is 6.25. The number of quaternary nitrogens is 3. The average molecular weight is 455 g/mol. The van der Waals surface area contributed by atoms with Crippen molar-refractivity contribution < 1.29 is 22.9 Å². The molecule has 0 aromatic rings. The van der Waals surface area contributed by atoms with Crippen LogP contribution in [-0.4, -0.2) is 92.0 Å². The van der Waals surface area contributed by atoms with E-state index < -0.39 is 0 Å². The fourth-order valence-electron chi connectivity index (χ4n) is 4.02. The number of halogens is 2. The van der Waals surface area contributed by atoms with Gasteiger partial charge in [-0.3, -0.25) is 0 Å². The summed E-state index contributed by atoms with van der Waals surface area (Å²) in [5, 5.41) is 6.25. The lowest BCUT2D eigenvalue weighted by Gasteiger charge is -2.34. The van der Waals surface area contributed by atoms with Gasteiger partial charge in [0.2, 0.25) is 0 Å². The molecule has 0 fully saturated rings. The topological polar surface area (TPSA) is 23.8 Å². The van der Waals surface area contributed by atoms with Crippen LogP contribution in [0.2, 0.25) is 0 Å². The highest BCUT2D eigenvalue weighted by Gasteiger charge is 2.17. The molecule has 0 rings (SSSR count). The van der Waals surface area contributed by atoms with Crippen molar-refractivity contribution in [3.05, 3.63) is 6.57 Å². The predicted molar refractivity (Wildman–Crippen MR) is 132 cm³/mol. The molecule has 0 atom stereocenters. The van der Waals surface area contributed by atoms with Gasteiger partial charge >= 0.3 is 0 Å². The van der Waals surface area contributed by atoms with Gasteiger partial charge in [0.15, 0.2) is 0 Å². The Balaban J connectivity index is -0.0000000703. The standard InChI is InChI=1S/3C8H20N.CN.2FH/c3*1-5-9(6-2,7-3)8-4;1-2;;/h3*5-8H2,1-4H3;;2*1H/q3*+1;-1;;/p-2. The van der Waals surface area contributed by atoms with Crippen LogP contribution in [0.1, 0.15) is 83.1 Å². The van der Waals surface area contributed by atoms with Crippen LogP contribution in [0.3, 0.4) is 0 Å². The van der Waals surface area contributed by atoms with Crippen molar-refractivity contribution in [1.82, 2.24) is 0 Å². The average Bonchev–Trinajstić information content (AvgIpc) is 2.82. The third kappa shape index (κ3) is 17.5. The minimum absolute atomic E-state index is 0. The summed E-state index contributed by atoms with van der Waals surface area (Å²) in [6, 6.07) is 0. The monoisotopic (exact) mass is 454 g/mol. The number of hydrogen-bond acceptors (Lipinski definition) is 1. The van der Waals surface area contributed by atoms with Gasteiger partial charge in [0.25, 0.3) is 0 Å². The largest absolute Gasteiger partial charge is 1.00 e. The third-order valence-electron chi connectivity index (χ3n) is 8.05. The van der Waals surface area contributed by atoms with Crippen LogP contribution in [-0.2, 0) is 0 Å². The smallest absolute Gasteiger partial charge is 0.0757 e. The summed E-state index contributed by atoms with van der Waals surface area (Å²) in [5.41, 5.74) is 0. The third-order valence-corrected chi connectivity index (χ3v) is 8.05. The van der Waals surface area contributed by atoms with E-state index >= 15 is 0 Å². The van der Waals surface area contributed by atoms with Crippen molar-refractivity contribution in [1.29, 1.82) is 5.26 Å². The van der Waals surface area contributed by atoms with Crippen LogP contribution in [0.4, 0.5) is 0 Å². The van der Waals surface area contributed by atoms with Gasteiger partial charge in [-0.05, 0) is 83.1 Å². The van der Waals surface area contributed by atoms with Gasteiger partial charge in [0.1, 0.15) is 0 Å². The molecule has 194 valence electrons. The zero-order chi connectivity index (χ0) is 24.0. The molecule has 0 amide bonds. The van der Waals surface area contributed by atoms with Crippen LogP contribution >= 0.6 is 0 Å². The molecular weight excluding hydrogens is 394 g/mol. The summed E-state index contributed by atoms with van der Waals surface area (Å²) in [7, 11) is 0. The first-order valence-electron chi connectivity index (χ1n) is 12.5. The molecule has 0 heterocycles. The lowest BCUT2D eigenvalue weighted by molar-refractivity contribution is -0.921. The van der Waals surface area contributed by atoms with Crippen molar-refractivity contribution in [3.8, 4) is 0 Å². The molecule has 4 nitrogen and oxygen atoms in total. The highest BCUT2D eigenvalue weighted by Crippen LogP contribution is 2.04. The fraction of sp³-hybridized carbons (Fsp3) is 0.960. The van der Waals surface area contributed by atoms with Gasteiger partial charge in [-0.2, -0.15) is 0 Å². The summed E-state index contributed by atoms with van der Waals surface area (Å²) in [4.78, 5) is 0. The zero-order valence-electron chi connectivity index (χ0n) is 23.5. The van der Waals surface area contributed by atoms with Gasteiger partial charge in [-0.25, -0.2) is 0 Å². The van der Waals surface area contributed by atoms with Crippen LogP contribution in [0.15, 0.2) is 0 Å². The van der Waals surface area contributed by atoms with E-state index in [2.05, 4.69) is 83.1 Å². The Morgan fingerprint density at radius 2 is 0.387 bits per heavy atom. The second-order valence-electron chi connectivity index (χ2n) is 7.82. The second kappa shape index (κ2) is 27.3. The highest BCUT2D eigenvalue weighted by atomic mass is 19.0. The van der Waals surface area contributed by atoms with Crippen molar-refractivity contribution in [2.24, 2.45) is 0 Å². The highest BCUT2D eigenvalue weighted by molar-refractivity contribution is 4.32. The van der Waals surface area contributed by atoms with Crippen molar-refractivity contribution in [2.45, 2.75) is 83.1 Å². The molecule has 0 aromatic heterocycles. The molecule has 0 aliphatic heterocycles. The normalized spacial score (nSPS) is 10.5. The Morgan fingerprint density at radius 1 is 0.323 bits per heavy atom. The minimum Gasteiger partial charge on any atom is -1.00 e. The Bertz CT molecular complexity index is 238. The molecule has 6 heteroatoms. The van der Waals surface area contributed by atoms with Crippen LogP contribution in [0.5, 0.6) is 0 Å². The molecule has 0 unspecified atom stereocenters. The minimum atomic E-state index is 0. The predicted octanol–water partition coefficient (Wildman–Crippen LogP) is -0.247. The fourth-order valence-corrected chi connectivity index (χ4v) is 4.02. The summed E-state index contributed by atoms with van der Waals surface area (Å²) < 4.78 is 3.83.